The molecule has 4 aliphatic rings. The van der Waals surface area contributed by atoms with Gasteiger partial charge in [-0.25, -0.2) is 0 Å². The van der Waals surface area contributed by atoms with Crippen LogP contribution in [-0.4, -0.2) is 28.1 Å². The third-order valence-corrected chi connectivity index (χ3v) is 8.19. The quantitative estimate of drug-likeness (QED) is 0.825. The number of ketones is 3. The van der Waals surface area contributed by atoms with Crippen molar-refractivity contribution in [3.05, 3.63) is 23.8 Å². The fraction of sp³-hybridized carbons (Fsp3) is 0.682. The molecule has 0 saturated heterocycles. The standard InChI is InChI=1S/C22H28O4/c1-4-18(25)22(26)10-8-16-15-6-5-13-11-14(23)7-9-20(13,2)19(15)17(24)12-21(16,22)3/h7,9,11,15-16,19,26H,4-6,8,10,12H2,1-3H3. The van der Waals surface area contributed by atoms with E-state index in [1.165, 1.54) is 0 Å². The van der Waals surface area contributed by atoms with Gasteiger partial charge in [-0.3, -0.25) is 14.4 Å². The predicted molar refractivity (Wildman–Crippen MR) is 97.3 cm³/mol. The van der Waals surface area contributed by atoms with E-state index in [4.69, 9.17) is 0 Å². The van der Waals surface area contributed by atoms with E-state index in [1.54, 1.807) is 19.1 Å². The molecule has 3 fully saturated rings. The Kier molecular flexibility index (Phi) is 3.76. The number of fused-ring (bicyclic) bond motifs is 5. The fourth-order valence-electron chi connectivity index (χ4n) is 6.78. The Hall–Kier alpha value is -1.55. The molecule has 0 aromatic rings. The first-order valence-electron chi connectivity index (χ1n) is 9.90. The molecule has 0 radical (unpaired) electrons. The lowest BCUT2D eigenvalue weighted by Crippen LogP contribution is -2.60. The highest BCUT2D eigenvalue weighted by Crippen LogP contribution is 2.66. The number of hydrogen-bond donors (Lipinski definition) is 1. The first kappa shape index (κ1) is 17.8. The topological polar surface area (TPSA) is 71.4 Å². The van der Waals surface area contributed by atoms with Crippen molar-refractivity contribution in [3.63, 3.8) is 0 Å². The van der Waals surface area contributed by atoms with Gasteiger partial charge >= 0.3 is 0 Å². The highest BCUT2D eigenvalue weighted by molar-refractivity contribution is 6.02. The van der Waals surface area contributed by atoms with Crippen LogP contribution in [0.2, 0.25) is 0 Å². The summed E-state index contributed by atoms with van der Waals surface area (Å²) < 4.78 is 0. The van der Waals surface area contributed by atoms with Crippen molar-refractivity contribution in [2.45, 2.75) is 64.9 Å². The average molecular weight is 356 g/mol. The molecule has 0 heterocycles. The van der Waals surface area contributed by atoms with Gasteiger partial charge in [0.1, 0.15) is 11.4 Å². The molecule has 6 atom stereocenters. The van der Waals surface area contributed by atoms with Gasteiger partial charge in [0.05, 0.1) is 0 Å². The summed E-state index contributed by atoms with van der Waals surface area (Å²) in [6.45, 7) is 5.82. The molecule has 6 unspecified atom stereocenters. The summed E-state index contributed by atoms with van der Waals surface area (Å²) in [4.78, 5) is 37.7. The zero-order valence-corrected chi connectivity index (χ0v) is 15.9. The van der Waals surface area contributed by atoms with Crippen LogP contribution in [0.15, 0.2) is 23.8 Å². The van der Waals surface area contributed by atoms with Crippen LogP contribution in [0.1, 0.15) is 59.3 Å². The lowest BCUT2D eigenvalue weighted by Gasteiger charge is -2.56. The van der Waals surface area contributed by atoms with Gasteiger partial charge in [-0.2, -0.15) is 0 Å². The Bertz CT molecular complexity index is 762. The van der Waals surface area contributed by atoms with E-state index in [0.29, 0.717) is 12.8 Å². The second kappa shape index (κ2) is 5.48. The van der Waals surface area contributed by atoms with E-state index in [-0.39, 0.29) is 41.5 Å². The fourth-order valence-corrected chi connectivity index (χ4v) is 6.78. The minimum Gasteiger partial charge on any atom is -0.381 e. The Morgan fingerprint density at radius 1 is 1.27 bits per heavy atom. The first-order chi connectivity index (χ1) is 12.2. The minimum absolute atomic E-state index is 0.00723. The number of Topliss-reactive ketones (excluding diaryl/α,β-unsaturated/α-hetero) is 2. The molecule has 0 aromatic heterocycles. The molecular weight excluding hydrogens is 328 g/mol. The summed E-state index contributed by atoms with van der Waals surface area (Å²) in [6, 6.07) is 0. The number of allylic oxidation sites excluding steroid dienone is 4. The third-order valence-electron chi connectivity index (χ3n) is 8.19. The van der Waals surface area contributed by atoms with Crippen LogP contribution in [-0.2, 0) is 14.4 Å². The molecule has 4 nitrogen and oxygen atoms in total. The maximum atomic E-state index is 13.3. The van der Waals surface area contributed by atoms with Gasteiger partial charge in [-0.1, -0.05) is 32.4 Å². The molecule has 0 amide bonds. The number of hydrogen-bond acceptors (Lipinski definition) is 4. The summed E-state index contributed by atoms with van der Waals surface area (Å²) in [6.07, 6.45) is 8.73. The molecule has 4 heteroatoms. The summed E-state index contributed by atoms with van der Waals surface area (Å²) in [7, 11) is 0. The molecule has 0 aromatic carbocycles. The van der Waals surface area contributed by atoms with Crippen molar-refractivity contribution in [2.24, 2.45) is 28.6 Å². The average Bonchev–Trinajstić information content (AvgIpc) is 2.86. The zero-order valence-electron chi connectivity index (χ0n) is 15.9. The van der Waals surface area contributed by atoms with Gasteiger partial charge in [0.15, 0.2) is 11.6 Å². The van der Waals surface area contributed by atoms with Crippen molar-refractivity contribution < 1.29 is 19.5 Å². The molecule has 140 valence electrons. The van der Waals surface area contributed by atoms with Crippen molar-refractivity contribution in [1.82, 2.24) is 0 Å². The van der Waals surface area contributed by atoms with Crippen LogP contribution in [0.3, 0.4) is 0 Å². The SMILES string of the molecule is CCC(=O)C1(O)CCC2C3CCC4=CC(=O)C=CC4(C)C3C(=O)CC21C. The van der Waals surface area contributed by atoms with Crippen molar-refractivity contribution in [3.8, 4) is 0 Å². The van der Waals surface area contributed by atoms with Crippen LogP contribution >= 0.6 is 0 Å². The van der Waals surface area contributed by atoms with E-state index in [1.807, 2.05) is 13.0 Å². The normalized spacial score (nSPS) is 47.1. The van der Waals surface area contributed by atoms with Crippen LogP contribution < -0.4 is 0 Å². The lowest BCUT2D eigenvalue weighted by molar-refractivity contribution is -0.166. The molecule has 0 bridgehead atoms. The number of rotatable bonds is 2. The van der Waals surface area contributed by atoms with E-state index in [2.05, 4.69) is 6.92 Å². The summed E-state index contributed by atoms with van der Waals surface area (Å²) >= 11 is 0. The Morgan fingerprint density at radius 2 is 2.00 bits per heavy atom. The lowest BCUT2D eigenvalue weighted by atomic mass is 9.46. The number of aliphatic hydroxyl groups is 1. The second-order valence-electron chi connectivity index (χ2n) is 9.21. The van der Waals surface area contributed by atoms with Crippen LogP contribution in [0.25, 0.3) is 0 Å². The van der Waals surface area contributed by atoms with Crippen LogP contribution in [0.5, 0.6) is 0 Å². The maximum Gasteiger partial charge on any atom is 0.178 e. The van der Waals surface area contributed by atoms with Gasteiger partial charge in [0.25, 0.3) is 0 Å². The Morgan fingerprint density at radius 3 is 2.69 bits per heavy atom. The van der Waals surface area contributed by atoms with E-state index in [0.717, 1.165) is 24.8 Å². The molecule has 0 spiro atoms. The van der Waals surface area contributed by atoms with Crippen LogP contribution in [0, 0.1) is 28.6 Å². The number of carbonyl (C=O) groups is 3. The van der Waals surface area contributed by atoms with Gasteiger partial charge in [-0.15, -0.1) is 0 Å². The number of carbonyl (C=O) groups excluding carboxylic acids is 3. The molecule has 1 N–H and O–H groups in total. The van der Waals surface area contributed by atoms with Crippen molar-refractivity contribution >= 4 is 17.3 Å². The van der Waals surface area contributed by atoms with E-state index in [9.17, 15) is 19.5 Å². The monoisotopic (exact) mass is 356 g/mol. The van der Waals surface area contributed by atoms with Crippen LogP contribution in [0.4, 0.5) is 0 Å². The van der Waals surface area contributed by atoms with Crippen molar-refractivity contribution in [2.75, 3.05) is 0 Å². The van der Waals surface area contributed by atoms with Gasteiger partial charge in [-0.05, 0) is 49.7 Å². The molecule has 3 saturated carbocycles. The molecule has 4 aliphatic carbocycles. The predicted octanol–water partition coefficient (Wildman–Crippen LogP) is 3.18. The van der Waals surface area contributed by atoms with Gasteiger partial charge in [0.2, 0.25) is 0 Å². The Balaban J connectivity index is 1.76. The van der Waals surface area contributed by atoms with E-state index >= 15 is 0 Å². The van der Waals surface area contributed by atoms with Gasteiger partial charge < -0.3 is 5.11 Å². The first-order valence-corrected chi connectivity index (χ1v) is 9.90. The summed E-state index contributed by atoms with van der Waals surface area (Å²) in [5, 5.41) is 11.3. The summed E-state index contributed by atoms with van der Waals surface area (Å²) in [5.41, 5.74) is -1.36. The van der Waals surface area contributed by atoms with Crippen molar-refractivity contribution in [1.29, 1.82) is 0 Å². The van der Waals surface area contributed by atoms with E-state index < -0.39 is 16.4 Å². The summed E-state index contributed by atoms with van der Waals surface area (Å²) in [5.74, 6) is 0.219. The molecular formula is C22H28O4. The molecule has 0 aliphatic heterocycles. The smallest absolute Gasteiger partial charge is 0.178 e. The highest BCUT2D eigenvalue weighted by atomic mass is 16.3. The molecule has 26 heavy (non-hydrogen) atoms. The minimum atomic E-state index is -1.37. The Labute approximate surface area is 154 Å². The zero-order chi connectivity index (χ0) is 18.9. The highest BCUT2D eigenvalue weighted by Gasteiger charge is 2.67. The maximum absolute atomic E-state index is 13.3. The largest absolute Gasteiger partial charge is 0.381 e. The van der Waals surface area contributed by atoms with Gasteiger partial charge in [0, 0.05) is 29.6 Å². The second-order valence-corrected chi connectivity index (χ2v) is 9.21. The third kappa shape index (κ3) is 2.02. The molecule has 4 rings (SSSR count).